The van der Waals surface area contributed by atoms with Gasteiger partial charge in [-0.25, -0.2) is 0 Å². The van der Waals surface area contributed by atoms with Crippen molar-refractivity contribution in [1.82, 2.24) is 10.2 Å². The van der Waals surface area contributed by atoms with Gasteiger partial charge >= 0.3 is 0 Å². The van der Waals surface area contributed by atoms with Gasteiger partial charge in [0, 0.05) is 12.1 Å². The monoisotopic (exact) mass is 234 g/mol. The van der Waals surface area contributed by atoms with Crippen molar-refractivity contribution in [2.75, 3.05) is 7.05 Å². The SMILES string of the molecule is CN(Cc1ccc(CNC2CC2)o1)C1CCC1. The average molecular weight is 234 g/mol. The quantitative estimate of drug-likeness (QED) is 0.820. The van der Waals surface area contributed by atoms with Gasteiger partial charge in [0.2, 0.25) is 0 Å². The van der Waals surface area contributed by atoms with Crippen LogP contribution in [0.3, 0.4) is 0 Å². The summed E-state index contributed by atoms with van der Waals surface area (Å²) in [6.07, 6.45) is 6.76. The Labute approximate surface area is 103 Å². The van der Waals surface area contributed by atoms with Gasteiger partial charge in [-0.3, -0.25) is 4.90 Å². The van der Waals surface area contributed by atoms with Gasteiger partial charge in [0.1, 0.15) is 11.5 Å². The van der Waals surface area contributed by atoms with E-state index in [1.54, 1.807) is 0 Å². The maximum absolute atomic E-state index is 5.85. The number of nitrogens with zero attached hydrogens (tertiary/aromatic N) is 1. The Morgan fingerprint density at radius 3 is 2.65 bits per heavy atom. The highest BCUT2D eigenvalue weighted by molar-refractivity contribution is 5.07. The fraction of sp³-hybridized carbons (Fsp3) is 0.714. The van der Waals surface area contributed by atoms with Crippen LogP contribution in [0.4, 0.5) is 0 Å². The van der Waals surface area contributed by atoms with E-state index in [1.807, 2.05) is 0 Å². The van der Waals surface area contributed by atoms with Gasteiger partial charge in [-0.05, 0) is 44.9 Å². The summed E-state index contributed by atoms with van der Waals surface area (Å²) in [5, 5.41) is 3.48. The number of rotatable bonds is 6. The Bertz CT molecular complexity index is 366. The van der Waals surface area contributed by atoms with Crippen LogP contribution in [0.1, 0.15) is 43.6 Å². The molecule has 0 bridgehead atoms. The zero-order chi connectivity index (χ0) is 11.7. The van der Waals surface area contributed by atoms with Crippen molar-refractivity contribution >= 4 is 0 Å². The van der Waals surface area contributed by atoms with Crippen LogP contribution in [0, 0.1) is 0 Å². The van der Waals surface area contributed by atoms with Crippen LogP contribution in [-0.4, -0.2) is 24.0 Å². The Balaban J connectivity index is 1.48. The van der Waals surface area contributed by atoms with Crippen molar-refractivity contribution in [3.8, 4) is 0 Å². The van der Waals surface area contributed by atoms with E-state index in [1.165, 1.54) is 32.1 Å². The van der Waals surface area contributed by atoms with Gasteiger partial charge < -0.3 is 9.73 Å². The molecule has 2 fully saturated rings. The summed E-state index contributed by atoms with van der Waals surface area (Å²) >= 11 is 0. The zero-order valence-electron chi connectivity index (χ0n) is 10.6. The van der Waals surface area contributed by atoms with Crippen molar-refractivity contribution in [1.29, 1.82) is 0 Å². The minimum Gasteiger partial charge on any atom is -0.463 e. The molecule has 0 aromatic carbocycles. The van der Waals surface area contributed by atoms with Crippen LogP contribution in [-0.2, 0) is 13.1 Å². The minimum absolute atomic E-state index is 0.751. The Morgan fingerprint density at radius 2 is 2.00 bits per heavy atom. The second-order valence-corrected chi connectivity index (χ2v) is 5.52. The lowest BCUT2D eigenvalue weighted by molar-refractivity contribution is 0.142. The molecule has 2 saturated carbocycles. The predicted molar refractivity (Wildman–Crippen MR) is 67.7 cm³/mol. The zero-order valence-corrected chi connectivity index (χ0v) is 10.6. The fourth-order valence-corrected chi connectivity index (χ4v) is 2.34. The Morgan fingerprint density at radius 1 is 1.24 bits per heavy atom. The van der Waals surface area contributed by atoms with E-state index in [0.29, 0.717) is 0 Å². The van der Waals surface area contributed by atoms with E-state index in [2.05, 4.69) is 29.4 Å². The lowest BCUT2D eigenvalue weighted by Gasteiger charge is -2.34. The molecule has 1 N–H and O–H groups in total. The summed E-state index contributed by atoms with van der Waals surface area (Å²) in [6.45, 7) is 1.84. The van der Waals surface area contributed by atoms with Gasteiger partial charge in [0.15, 0.2) is 0 Å². The summed E-state index contributed by atoms with van der Waals surface area (Å²) in [5.41, 5.74) is 0. The van der Waals surface area contributed by atoms with Crippen LogP contribution in [0.25, 0.3) is 0 Å². The van der Waals surface area contributed by atoms with E-state index < -0.39 is 0 Å². The minimum atomic E-state index is 0.751. The number of hydrogen-bond acceptors (Lipinski definition) is 3. The van der Waals surface area contributed by atoms with Crippen molar-refractivity contribution < 1.29 is 4.42 Å². The molecular formula is C14H22N2O. The molecule has 17 heavy (non-hydrogen) atoms. The van der Waals surface area contributed by atoms with Crippen LogP contribution in [0.15, 0.2) is 16.5 Å². The van der Waals surface area contributed by atoms with E-state index in [4.69, 9.17) is 4.42 Å². The van der Waals surface area contributed by atoms with Gasteiger partial charge in [0.05, 0.1) is 13.1 Å². The second kappa shape index (κ2) is 4.83. The van der Waals surface area contributed by atoms with Crippen molar-refractivity contribution in [3.63, 3.8) is 0 Å². The van der Waals surface area contributed by atoms with Crippen LogP contribution in [0.2, 0.25) is 0 Å². The second-order valence-electron chi connectivity index (χ2n) is 5.52. The standard InChI is InChI=1S/C14H22N2O/c1-16(12-3-2-4-12)10-14-8-7-13(17-14)9-15-11-5-6-11/h7-8,11-12,15H,2-6,9-10H2,1H3. The molecule has 0 amide bonds. The third kappa shape index (κ3) is 2.90. The van der Waals surface area contributed by atoms with Crippen LogP contribution >= 0.6 is 0 Å². The summed E-state index contributed by atoms with van der Waals surface area (Å²) in [7, 11) is 2.20. The fourth-order valence-electron chi connectivity index (χ4n) is 2.34. The highest BCUT2D eigenvalue weighted by Gasteiger charge is 2.23. The maximum Gasteiger partial charge on any atom is 0.118 e. The molecule has 3 heteroatoms. The molecule has 3 nitrogen and oxygen atoms in total. The summed E-state index contributed by atoms with van der Waals surface area (Å²) in [4.78, 5) is 2.42. The van der Waals surface area contributed by atoms with Crippen molar-refractivity contribution in [3.05, 3.63) is 23.7 Å². The van der Waals surface area contributed by atoms with Gasteiger partial charge in [-0.1, -0.05) is 6.42 Å². The Kier molecular flexibility index (Phi) is 3.21. The first-order valence-corrected chi connectivity index (χ1v) is 6.82. The summed E-state index contributed by atoms with van der Waals surface area (Å²) in [6, 6.07) is 5.77. The molecule has 1 heterocycles. The third-order valence-electron chi connectivity index (χ3n) is 3.96. The molecule has 0 atom stereocenters. The number of nitrogens with one attached hydrogen (secondary N) is 1. The summed E-state index contributed by atoms with van der Waals surface area (Å²) < 4.78 is 5.85. The molecule has 1 aromatic rings. The molecule has 2 aliphatic rings. The molecule has 0 unspecified atom stereocenters. The van der Waals surface area contributed by atoms with Crippen LogP contribution in [0.5, 0.6) is 0 Å². The van der Waals surface area contributed by atoms with Gasteiger partial charge in [0.25, 0.3) is 0 Å². The Hall–Kier alpha value is -0.800. The normalized spacial score (nSPS) is 20.8. The lowest BCUT2D eigenvalue weighted by atomic mass is 9.92. The first-order valence-electron chi connectivity index (χ1n) is 6.82. The maximum atomic E-state index is 5.85. The molecule has 0 aliphatic heterocycles. The topological polar surface area (TPSA) is 28.4 Å². The molecule has 3 rings (SSSR count). The molecule has 0 radical (unpaired) electrons. The molecule has 1 aromatic heterocycles. The molecular weight excluding hydrogens is 212 g/mol. The predicted octanol–water partition coefficient (Wildman–Crippen LogP) is 2.52. The van der Waals surface area contributed by atoms with E-state index in [9.17, 15) is 0 Å². The summed E-state index contributed by atoms with van der Waals surface area (Å²) in [5.74, 6) is 2.18. The third-order valence-corrected chi connectivity index (χ3v) is 3.96. The largest absolute Gasteiger partial charge is 0.463 e. The highest BCUT2D eigenvalue weighted by Crippen LogP contribution is 2.25. The first-order chi connectivity index (χ1) is 8.31. The first kappa shape index (κ1) is 11.3. The van der Waals surface area contributed by atoms with E-state index >= 15 is 0 Å². The number of furan rings is 1. The van der Waals surface area contributed by atoms with E-state index in [0.717, 1.165) is 36.7 Å². The lowest BCUT2D eigenvalue weighted by Crippen LogP contribution is -2.36. The van der Waals surface area contributed by atoms with Crippen molar-refractivity contribution in [2.45, 2.75) is 57.3 Å². The highest BCUT2D eigenvalue weighted by atomic mass is 16.3. The van der Waals surface area contributed by atoms with Gasteiger partial charge in [-0.15, -0.1) is 0 Å². The van der Waals surface area contributed by atoms with E-state index in [-0.39, 0.29) is 0 Å². The molecule has 0 saturated heterocycles. The molecule has 0 spiro atoms. The molecule has 2 aliphatic carbocycles. The van der Waals surface area contributed by atoms with Gasteiger partial charge in [-0.2, -0.15) is 0 Å². The molecule has 94 valence electrons. The smallest absolute Gasteiger partial charge is 0.118 e. The average Bonchev–Trinajstić information content (AvgIpc) is 2.95. The van der Waals surface area contributed by atoms with Crippen molar-refractivity contribution in [2.24, 2.45) is 0 Å². The van der Waals surface area contributed by atoms with Crippen LogP contribution < -0.4 is 5.32 Å². The number of hydrogen-bond donors (Lipinski definition) is 1.